The van der Waals surface area contributed by atoms with Crippen molar-refractivity contribution < 1.29 is 22.7 Å². The number of para-hydroxylation sites is 1. The van der Waals surface area contributed by atoms with E-state index in [-0.39, 0.29) is 22.2 Å². The van der Waals surface area contributed by atoms with E-state index in [1.807, 2.05) is 0 Å². The Morgan fingerprint density at radius 1 is 1.10 bits per heavy atom. The molecule has 0 aliphatic carbocycles. The number of amides is 1. The van der Waals surface area contributed by atoms with Crippen LogP contribution in [0.15, 0.2) is 54.6 Å². The van der Waals surface area contributed by atoms with Gasteiger partial charge in [-0.05, 0) is 42.5 Å². The molecule has 0 saturated carbocycles. The van der Waals surface area contributed by atoms with E-state index in [0.29, 0.717) is 15.8 Å². The highest BCUT2D eigenvalue weighted by Gasteiger charge is 2.36. The summed E-state index contributed by atoms with van der Waals surface area (Å²) >= 11 is 6.00. The van der Waals surface area contributed by atoms with Crippen LogP contribution in [0.25, 0.3) is 17.0 Å². The van der Waals surface area contributed by atoms with Crippen LogP contribution in [0, 0.1) is 0 Å². The summed E-state index contributed by atoms with van der Waals surface area (Å²) in [6, 6.07) is 13.6. The molecule has 0 radical (unpaired) electrons. The molecule has 0 aliphatic heterocycles. The van der Waals surface area contributed by atoms with E-state index >= 15 is 0 Å². The highest BCUT2D eigenvalue weighted by Crippen LogP contribution is 2.32. The minimum absolute atomic E-state index is 0.0212. The summed E-state index contributed by atoms with van der Waals surface area (Å²) in [7, 11) is 1.48. The van der Waals surface area contributed by atoms with Crippen LogP contribution in [-0.2, 0) is 6.18 Å². The van der Waals surface area contributed by atoms with Gasteiger partial charge >= 0.3 is 6.18 Å². The third-order valence-corrected chi connectivity index (χ3v) is 4.64. The van der Waals surface area contributed by atoms with Gasteiger partial charge in [-0.3, -0.25) is 4.79 Å². The standard InChI is InChI=1S/C20H13ClF3N5O2/c1-31-12-8-6-11(7-9-12)15-10-16(20(22,23)24)29-19(26-15)27-17(28-29)18(30)25-14-5-3-2-4-13(14)21/h2-10H,1H3,(H,25,30). The van der Waals surface area contributed by atoms with Gasteiger partial charge in [0.05, 0.1) is 23.5 Å². The molecule has 1 N–H and O–H groups in total. The number of benzene rings is 2. The number of rotatable bonds is 4. The lowest BCUT2D eigenvalue weighted by atomic mass is 10.1. The Bertz CT molecular complexity index is 1270. The molecule has 11 heteroatoms. The van der Waals surface area contributed by atoms with Crippen LogP contribution in [-0.4, -0.2) is 32.6 Å². The highest BCUT2D eigenvalue weighted by molar-refractivity contribution is 6.33. The number of anilines is 1. The number of halogens is 4. The minimum Gasteiger partial charge on any atom is -0.497 e. The Balaban J connectivity index is 1.78. The maximum Gasteiger partial charge on any atom is 0.433 e. The molecule has 0 saturated heterocycles. The molecule has 158 valence electrons. The van der Waals surface area contributed by atoms with Crippen molar-refractivity contribution in [2.75, 3.05) is 12.4 Å². The fourth-order valence-electron chi connectivity index (χ4n) is 2.82. The van der Waals surface area contributed by atoms with Gasteiger partial charge in [0.1, 0.15) is 5.75 Å². The first-order chi connectivity index (χ1) is 14.8. The summed E-state index contributed by atoms with van der Waals surface area (Å²) in [5.41, 5.74) is -0.407. The summed E-state index contributed by atoms with van der Waals surface area (Å²) in [5, 5.41) is 6.45. The smallest absolute Gasteiger partial charge is 0.433 e. The van der Waals surface area contributed by atoms with Crippen LogP contribution in [0.3, 0.4) is 0 Å². The number of alkyl halides is 3. The van der Waals surface area contributed by atoms with E-state index in [2.05, 4.69) is 20.4 Å². The highest BCUT2D eigenvalue weighted by atomic mass is 35.5. The molecule has 7 nitrogen and oxygen atoms in total. The third kappa shape index (κ3) is 4.15. The molecule has 2 heterocycles. The Kier molecular flexibility index (Phi) is 5.24. The van der Waals surface area contributed by atoms with Gasteiger partial charge < -0.3 is 10.1 Å². The van der Waals surface area contributed by atoms with Crippen LogP contribution in [0.5, 0.6) is 5.75 Å². The van der Waals surface area contributed by atoms with Gasteiger partial charge in [-0.2, -0.15) is 22.7 Å². The van der Waals surface area contributed by atoms with Gasteiger partial charge in [-0.1, -0.05) is 23.7 Å². The monoisotopic (exact) mass is 447 g/mol. The van der Waals surface area contributed by atoms with Crippen molar-refractivity contribution in [3.8, 4) is 17.0 Å². The van der Waals surface area contributed by atoms with E-state index < -0.39 is 23.6 Å². The van der Waals surface area contributed by atoms with Crippen molar-refractivity contribution in [1.29, 1.82) is 0 Å². The van der Waals surface area contributed by atoms with Gasteiger partial charge in [0.2, 0.25) is 5.82 Å². The van der Waals surface area contributed by atoms with Crippen LogP contribution < -0.4 is 10.1 Å². The number of carbonyl (C=O) groups excluding carboxylic acids is 1. The number of carbonyl (C=O) groups is 1. The predicted molar refractivity (Wildman–Crippen MR) is 107 cm³/mol. The van der Waals surface area contributed by atoms with Crippen LogP contribution >= 0.6 is 11.6 Å². The lowest BCUT2D eigenvalue weighted by Crippen LogP contribution is -2.16. The van der Waals surface area contributed by atoms with Crippen molar-refractivity contribution >= 4 is 29.0 Å². The molecule has 0 spiro atoms. The van der Waals surface area contributed by atoms with Crippen molar-refractivity contribution in [3.05, 3.63) is 71.1 Å². The quantitative estimate of drug-likeness (QED) is 0.489. The SMILES string of the molecule is COc1ccc(-c2cc(C(F)(F)F)n3nc(C(=O)Nc4ccccc4Cl)nc3n2)cc1. The van der Waals surface area contributed by atoms with Crippen molar-refractivity contribution in [2.24, 2.45) is 0 Å². The number of hydrogen-bond donors (Lipinski definition) is 1. The van der Waals surface area contributed by atoms with Crippen LogP contribution in [0.1, 0.15) is 16.3 Å². The maximum atomic E-state index is 13.7. The predicted octanol–water partition coefficient (Wildman–Crippen LogP) is 4.72. The van der Waals surface area contributed by atoms with Gasteiger partial charge in [0.25, 0.3) is 11.7 Å². The molecule has 2 aromatic heterocycles. The van der Waals surface area contributed by atoms with Crippen LogP contribution in [0.4, 0.5) is 18.9 Å². The molecule has 4 rings (SSSR count). The summed E-state index contributed by atoms with van der Waals surface area (Å²) < 4.78 is 46.6. The van der Waals surface area contributed by atoms with E-state index in [9.17, 15) is 18.0 Å². The lowest BCUT2D eigenvalue weighted by molar-refractivity contribution is -0.142. The van der Waals surface area contributed by atoms with Gasteiger partial charge in [-0.25, -0.2) is 4.98 Å². The first-order valence-corrected chi connectivity index (χ1v) is 9.19. The Hall–Kier alpha value is -3.66. The molecule has 0 bridgehead atoms. The summed E-state index contributed by atoms with van der Waals surface area (Å²) in [6.45, 7) is 0. The number of aromatic nitrogens is 4. The average Bonchev–Trinajstić information content (AvgIpc) is 3.18. The van der Waals surface area contributed by atoms with Crippen molar-refractivity contribution in [2.45, 2.75) is 6.18 Å². The number of hydrogen-bond acceptors (Lipinski definition) is 5. The number of nitrogens with zero attached hydrogens (tertiary/aromatic N) is 4. The van der Waals surface area contributed by atoms with Crippen LogP contribution in [0.2, 0.25) is 5.02 Å². The summed E-state index contributed by atoms with van der Waals surface area (Å²) in [4.78, 5) is 20.5. The molecule has 0 atom stereocenters. The lowest BCUT2D eigenvalue weighted by Gasteiger charge is -2.10. The summed E-state index contributed by atoms with van der Waals surface area (Å²) in [6.07, 6.45) is -4.76. The van der Waals surface area contributed by atoms with E-state index in [4.69, 9.17) is 16.3 Å². The van der Waals surface area contributed by atoms with E-state index in [1.54, 1.807) is 42.5 Å². The van der Waals surface area contributed by atoms with Gasteiger partial charge in [0, 0.05) is 5.56 Å². The largest absolute Gasteiger partial charge is 0.497 e. The van der Waals surface area contributed by atoms with E-state index in [1.165, 1.54) is 13.2 Å². The molecule has 2 aromatic carbocycles. The van der Waals surface area contributed by atoms with Gasteiger partial charge in [-0.15, -0.1) is 5.10 Å². The molecule has 1 amide bonds. The first kappa shape index (κ1) is 20.6. The third-order valence-electron chi connectivity index (χ3n) is 4.31. The normalized spacial score (nSPS) is 11.5. The number of methoxy groups -OCH3 is 1. The maximum absolute atomic E-state index is 13.7. The van der Waals surface area contributed by atoms with E-state index in [0.717, 1.165) is 6.07 Å². The summed E-state index contributed by atoms with van der Waals surface area (Å²) in [5.74, 6) is -1.13. The Morgan fingerprint density at radius 2 is 1.81 bits per heavy atom. The minimum atomic E-state index is -4.76. The molecule has 31 heavy (non-hydrogen) atoms. The molecule has 0 unspecified atom stereocenters. The van der Waals surface area contributed by atoms with Crippen molar-refractivity contribution in [1.82, 2.24) is 19.6 Å². The fourth-order valence-corrected chi connectivity index (χ4v) is 3.00. The molecular weight excluding hydrogens is 435 g/mol. The molecular formula is C20H13ClF3N5O2. The topological polar surface area (TPSA) is 81.4 Å². The second-order valence-corrected chi connectivity index (χ2v) is 6.74. The second kappa shape index (κ2) is 7.88. The molecule has 4 aromatic rings. The number of nitrogens with one attached hydrogen (secondary N) is 1. The zero-order valence-electron chi connectivity index (χ0n) is 15.8. The molecule has 0 fully saturated rings. The zero-order chi connectivity index (χ0) is 22.2. The first-order valence-electron chi connectivity index (χ1n) is 8.81. The average molecular weight is 448 g/mol. The Morgan fingerprint density at radius 3 is 2.45 bits per heavy atom. The Labute approximate surface area is 178 Å². The fraction of sp³-hybridized carbons (Fsp3) is 0.100. The number of ether oxygens (including phenoxy) is 1. The number of fused-ring (bicyclic) bond motifs is 1. The van der Waals surface area contributed by atoms with Gasteiger partial charge in [0.15, 0.2) is 5.69 Å². The van der Waals surface area contributed by atoms with Crippen molar-refractivity contribution in [3.63, 3.8) is 0 Å². The zero-order valence-corrected chi connectivity index (χ0v) is 16.6. The molecule has 0 aliphatic rings. The second-order valence-electron chi connectivity index (χ2n) is 6.33.